The van der Waals surface area contributed by atoms with Gasteiger partial charge in [-0.25, -0.2) is 4.39 Å². The third-order valence-corrected chi connectivity index (χ3v) is 1.31. The van der Waals surface area contributed by atoms with Crippen molar-refractivity contribution in [3.05, 3.63) is 29.6 Å². The first-order chi connectivity index (χ1) is 5.74. The molecule has 0 fully saturated rings. The molecule has 1 aromatic carbocycles. The molecule has 12 heavy (non-hydrogen) atoms. The lowest BCUT2D eigenvalue weighted by Gasteiger charge is -1.95. The van der Waals surface area contributed by atoms with Gasteiger partial charge in [0.15, 0.2) is 0 Å². The number of rotatable bonds is 0. The van der Waals surface area contributed by atoms with Crippen LogP contribution in [0.3, 0.4) is 0 Å². The molecule has 0 aliphatic heterocycles. The Morgan fingerprint density at radius 1 is 1.50 bits per heavy atom. The predicted octanol–water partition coefficient (Wildman–Crippen LogP) is 0.752. The van der Waals surface area contributed by atoms with Gasteiger partial charge in [0.1, 0.15) is 12.4 Å². The second-order valence-corrected chi connectivity index (χ2v) is 2.20. The standard InChI is InChI=1S/C9H8FNO/c10-8-4-3-7(2-1-5-12)6-9(8)11/h3-4,6,12H,5,11H2. The molecule has 0 bridgehead atoms. The first-order valence-corrected chi connectivity index (χ1v) is 3.39. The number of hydrogen-bond donors (Lipinski definition) is 2. The second kappa shape index (κ2) is 3.74. The summed E-state index contributed by atoms with van der Waals surface area (Å²) >= 11 is 0. The van der Waals surface area contributed by atoms with Crippen LogP contribution < -0.4 is 5.73 Å². The quantitative estimate of drug-likeness (QED) is 0.440. The molecule has 0 saturated heterocycles. The molecule has 0 heterocycles. The van der Waals surface area contributed by atoms with E-state index in [9.17, 15) is 4.39 Å². The molecule has 0 radical (unpaired) electrons. The third kappa shape index (κ3) is 1.97. The molecule has 2 nitrogen and oxygen atoms in total. The van der Waals surface area contributed by atoms with E-state index in [-0.39, 0.29) is 12.3 Å². The van der Waals surface area contributed by atoms with Crippen LogP contribution in [-0.2, 0) is 0 Å². The molecule has 3 N–H and O–H groups in total. The highest BCUT2D eigenvalue weighted by Crippen LogP contribution is 2.10. The summed E-state index contributed by atoms with van der Waals surface area (Å²) in [5.74, 6) is 4.60. The minimum Gasteiger partial charge on any atom is -0.396 e. The van der Waals surface area contributed by atoms with Crippen LogP contribution in [0, 0.1) is 17.7 Å². The van der Waals surface area contributed by atoms with Crippen molar-refractivity contribution in [2.75, 3.05) is 12.3 Å². The molecule has 0 unspecified atom stereocenters. The maximum absolute atomic E-state index is 12.6. The average Bonchev–Trinajstić information content (AvgIpc) is 2.07. The van der Waals surface area contributed by atoms with Crippen molar-refractivity contribution >= 4 is 5.69 Å². The molecule has 0 saturated carbocycles. The zero-order valence-electron chi connectivity index (χ0n) is 6.34. The molecule has 0 atom stereocenters. The van der Waals surface area contributed by atoms with E-state index in [2.05, 4.69) is 11.8 Å². The maximum Gasteiger partial charge on any atom is 0.146 e. The van der Waals surface area contributed by atoms with Gasteiger partial charge in [0.2, 0.25) is 0 Å². The highest BCUT2D eigenvalue weighted by atomic mass is 19.1. The van der Waals surface area contributed by atoms with Crippen LogP contribution in [0.15, 0.2) is 18.2 Å². The van der Waals surface area contributed by atoms with Crippen molar-refractivity contribution in [3.8, 4) is 11.8 Å². The minimum absolute atomic E-state index is 0.0692. The summed E-state index contributed by atoms with van der Waals surface area (Å²) in [6, 6.07) is 4.18. The molecule has 3 heteroatoms. The number of nitrogens with two attached hydrogens (primary N) is 1. The molecule has 0 aliphatic carbocycles. The first kappa shape index (κ1) is 8.57. The van der Waals surface area contributed by atoms with Gasteiger partial charge in [0, 0.05) is 5.56 Å². The van der Waals surface area contributed by atoms with Crippen LogP contribution in [0.4, 0.5) is 10.1 Å². The van der Waals surface area contributed by atoms with Gasteiger partial charge in [-0.15, -0.1) is 0 Å². The van der Waals surface area contributed by atoms with Crippen LogP contribution in [0.2, 0.25) is 0 Å². The summed E-state index contributed by atoms with van der Waals surface area (Å²) in [6.07, 6.45) is 0. The van der Waals surface area contributed by atoms with Crippen molar-refractivity contribution in [3.63, 3.8) is 0 Å². The zero-order valence-corrected chi connectivity index (χ0v) is 6.34. The Bertz CT molecular complexity index is 338. The number of benzene rings is 1. The molecular formula is C9H8FNO. The fraction of sp³-hybridized carbons (Fsp3) is 0.111. The van der Waals surface area contributed by atoms with Crippen molar-refractivity contribution in [2.45, 2.75) is 0 Å². The summed E-state index contributed by atoms with van der Waals surface area (Å²) in [4.78, 5) is 0. The summed E-state index contributed by atoms with van der Waals surface area (Å²) in [6.45, 7) is -0.211. The molecule has 0 aromatic heterocycles. The van der Waals surface area contributed by atoms with Crippen molar-refractivity contribution in [1.29, 1.82) is 0 Å². The third-order valence-electron chi connectivity index (χ3n) is 1.31. The first-order valence-electron chi connectivity index (χ1n) is 3.39. The highest BCUT2D eigenvalue weighted by Gasteiger charge is 1.96. The van der Waals surface area contributed by atoms with Crippen LogP contribution in [0.1, 0.15) is 5.56 Å². The lowest BCUT2D eigenvalue weighted by Crippen LogP contribution is -1.90. The SMILES string of the molecule is Nc1cc(C#CCO)ccc1F. The van der Waals surface area contributed by atoms with Gasteiger partial charge in [-0.2, -0.15) is 0 Å². The van der Waals surface area contributed by atoms with E-state index in [0.29, 0.717) is 5.56 Å². The number of hydrogen-bond acceptors (Lipinski definition) is 2. The van der Waals surface area contributed by atoms with Gasteiger partial charge in [-0.3, -0.25) is 0 Å². The van der Waals surface area contributed by atoms with Crippen LogP contribution in [0.5, 0.6) is 0 Å². The number of halogens is 1. The Balaban J connectivity index is 2.97. The van der Waals surface area contributed by atoms with E-state index < -0.39 is 5.82 Å². The number of aliphatic hydroxyl groups excluding tert-OH is 1. The zero-order chi connectivity index (χ0) is 8.97. The number of aliphatic hydroxyl groups is 1. The van der Waals surface area contributed by atoms with Gasteiger partial charge in [-0.1, -0.05) is 11.8 Å². The van der Waals surface area contributed by atoms with Crippen molar-refractivity contribution < 1.29 is 9.50 Å². The Hall–Kier alpha value is -1.53. The smallest absolute Gasteiger partial charge is 0.146 e. The fourth-order valence-corrected chi connectivity index (χ4v) is 0.763. The van der Waals surface area contributed by atoms with E-state index >= 15 is 0 Å². The van der Waals surface area contributed by atoms with Gasteiger partial charge in [0.05, 0.1) is 5.69 Å². The maximum atomic E-state index is 12.6. The van der Waals surface area contributed by atoms with E-state index in [1.807, 2.05) is 0 Å². The largest absolute Gasteiger partial charge is 0.396 e. The highest BCUT2D eigenvalue weighted by molar-refractivity contribution is 5.48. The second-order valence-electron chi connectivity index (χ2n) is 2.20. The summed E-state index contributed by atoms with van der Waals surface area (Å²) in [5.41, 5.74) is 5.96. The van der Waals surface area contributed by atoms with E-state index in [1.165, 1.54) is 18.2 Å². The molecule has 0 spiro atoms. The predicted molar refractivity (Wildman–Crippen MR) is 44.8 cm³/mol. The fourth-order valence-electron chi connectivity index (χ4n) is 0.763. The topological polar surface area (TPSA) is 46.2 Å². The van der Waals surface area contributed by atoms with E-state index in [4.69, 9.17) is 10.8 Å². The van der Waals surface area contributed by atoms with Crippen LogP contribution >= 0.6 is 0 Å². The number of anilines is 1. The Labute approximate surface area is 69.8 Å². The molecule has 0 aliphatic rings. The number of nitrogen functional groups attached to an aromatic ring is 1. The summed E-state index contributed by atoms with van der Waals surface area (Å²) in [5, 5.41) is 8.37. The van der Waals surface area contributed by atoms with Gasteiger partial charge >= 0.3 is 0 Å². The van der Waals surface area contributed by atoms with Crippen molar-refractivity contribution in [1.82, 2.24) is 0 Å². The van der Waals surface area contributed by atoms with Crippen LogP contribution in [0.25, 0.3) is 0 Å². The Morgan fingerprint density at radius 3 is 2.83 bits per heavy atom. The molecule has 1 aromatic rings. The van der Waals surface area contributed by atoms with Crippen LogP contribution in [-0.4, -0.2) is 11.7 Å². The lowest BCUT2D eigenvalue weighted by atomic mass is 10.2. The van der Waals surface area contributed by atoms with E-state index in [0.717, 1.165) is 0 Å². The molecule has 1 rings (SSSR count). The van der Waals surface area contributed by atoms with Gasteiger partial charge in [-0.05, 0) is 18.2 Å². The minimum atomic E-state index is -0.454. The molecule has 62 valence electrons. The monoisotopic (exact) mass is 165 g/mol. The summed E-state index contributed by atoms with van der Waals surface area (Å²) < 4.78 is 12.6. The molecule has 0 amide bonds. The lowest BCUT2D eigenvalue weighted by molar-refractivity contribution is 0.350. The summed E-state index contributed by atoms with van der Waals surface area (Å²) in [7, 11) is 0. The Morgan fingerprint density at radius 2 is 2.25 bits per heavy atom. The molecular weight excluding hydrogens is 157 g/mol. The average molecular weight is 165 g/mol. The van der Waals surface area contributed by atoms with E-state index in [1.54, 1.807) is 0 Å². The van der Waals surface area contributed by atoms with Gasteiger partial charge < -0.3 is 10.8 Å². The van der Waals surface area contributed by atoms with Crippen molar-refractivity contribution in [2.24, 2.45) is 0 Å². The Kier molecular flexibility index (Phi) is 2.67. The normalized spacial score (nSPS) is 8.83. The van der Waals surface area contributed by atoms with Gasteiger partial charge in [0.25, 0.3) is 0 Å².